The minimum absolute atomic E-state index is 0.0839. The number of sulfonamides is 1. The van der Waals surface area contributed by atoms with Crippen LogP contribution in [0, 0.1) is 16.0 Å². The van der Waals surface area contributed by atoms with Crippen LogP contribution in [-0.2, 0) is 10.0 Å². The Kier molecular flexibility index (Phi) is 5.33. The van der Waals surface area contributed by atoms with Gasteiger partial charge in [-0.25, -0.2) is 13.1 Å². The van der Waals surface area contributed by atoms with Gasteiger partial charge < -0.3 is 10.1 Å². The molecule has 1 saturated heterocycles. The summed E-state index contributed by atoms with van der Waals surface area (Å²) >= 11 is 0. The lowest BCUT2D eigenvalue weighted by Gasteiger charge is -2.12. The Morgan fingerprint density at radius 2 is 2.27 bits per heavy atom. The molecule has 0 amide bonds. The molecule has 8 nitrogen and oxygen atoms in total. The molecular weight excluding hydrogens is 310 g/mol. The van der Waals surface area contributed by atoms with Gasteiger partial charge in [-0.05, 0) is 37.9 Å². The molecule has 1 fully saturated rings. The summed E-state index contributed by atoms with van der Waals surface area (Å²) in [7, 11) is -2.53. The first-order chi connectivity index (χ1) is 10.4. The molecule has 22 heavy (non-hydrogen) atoms. The molecule has 1 aromatic carbocycles. The van der Waals surface area contributed by atoms with E-state index in [1.165, 1.54) is 19.2 Å². The molecule has 0 saturated carbocycles. The molecule has 2 rings (SSSR count). The zero-order valence-corrected chi connectivity index (χ0v) is 13.1. The van der Waals surface area contributed by atoms with Crippen molar-refractivity contribution in [3.05, 3.63) is 28.3 Å². The van der Waals surface area contributed by atoms with Gasteiger partial charge in [0, 0.05) is 18.7 Å². The lowest BCUT2D eigenvalue weighted by atomic mass is 10.1. The quantitative estimate of drug-likeness (QED) is 0.567. The van der Waals surface area contributed by atoms with Gasteiger partial charge in [0.2, 0.25) is 10.0 Å². The molecule has 0 aliphatic carbocycles. The maximum Gasteiger partial charge on any atom is 0.271 e. The molecule has 1 atom stereocenters. The largest absolute Gasteiger partial charge is 0.495 e. The van der Waals surface area contributed by atoms with Gasteiger partial charge in [-0.15, -0.1) is 0 Å². The second kappa shape index (κ2) is 7.03. The molecular formula is C13H19N3O5S. The van der Waals surface area contributed by atoms with Crippen LogP contribution in [0.5, 0.6) is 5.75 Å². The van der Waals surface area contributed by atoms with E-state index in [4.69, 9.17) is 4.74 Å². The average Bonchev–Trinajstić information content (AvgIpc) is 2.99. The predicted octanol–water partition coefficient (Wildman–Crippen LogP) is 0.881. The number of nitro groups is 1. The summed E-state index contributed by atoms with van der Waals surface area (Å²) < 4.78 is 32.1. The number of hydrogen-bond acceptors (Lipinski definition) is 6. The first kappa shape index (κ1) is 16.7. The number of benzene rings is 1. The van der Waals surface area contributed by atoms with E-state index in [1.807, 2.05) is 0 Å². The van der Waals surface area contributed by atoms with Crippen molar-refractivity contribution in [3.63, 3.8) is 0 Å². The van der Waals surface area contributed by atoms with Crippen molar-refractivity contribution in [2.75, 3.05) is 26.7 Å². The molecule has 0 spiro atoms. The van der Waals surface area contributed by atoms with Crippen LogP contribution in [0.1, 0.15) is 12.8 Å². The standard InChI is InChI=1S/C13H19N3O5S/c1-21-12-3-2-11(16(17)18)8-13(12)22(19,20)15-7-5-10-4-6-14-9-10/h2-3,8,10,14-15H,4-7,9H2,1H3. The van der Waals surface area contributed by atoms with Crippen LogP contribution in [-0.4, -0.2) is 40.1 Å². The van der Waals surface area contributed by atoms with Gasteiger partial charge in [0.25, 0.3) is 5.69 Å². The van der Waals surface area contributed by atoms with E-state index in [2.05, 4.69) is 10.0 Å². The normalized spacial score (nSPS) is 18.3. The van der Waals surface area contributed by atoms with Crippen LogP contribution in [0.15, 0.2) is 23.1 Å². The monoisotopic (exact) mass is 329 g/mol. The zero-order chi connectivity index (χ0) is 16.2. The van der Waals surface area contributed by atoms with Crippen LogP contribution in [0.25, 0.3) is 0 Å². The van der Waals surface area contributed by atoms with Crippen molar-refractivity contribution in [1.82, 2.24) is 10.0 Å². The fourth-order valence-electron chi connectivity index (χ4n) is 2.42. The highest BCUT2D eigenvalue weighted by atomic mass is 32.2. The molecule has 1 heterocycles. The zero-order valence-electron chi connectivity index (χ0n) is 12.2. The van der Waals surface area contributed by atoms with Crippen LogP contribution < -0.4 is 14.8 Å². The van der Waals surface area contributed by atoms with Gasteiger partial charge in [-0.3, -0.25) is 10.1 Å². The third-order valence-corrected chi connectivity index (χ3v) is 5.14. The fourth-order valence-corrected chi connectivity index (χ4v) is 3.66. The molecule has 1 aliphatic heterocycles. The van der Waals surface area contributed by atoms with Crippen LogP contribution >= 0.6 is 0 Å². The highest BCUT2D eigenvalue weighted by Gasteiger charge is 2.23. The summed E-state index contributed by atoms with van der Waals surface area (Å²) in [5, 5.41) is 14.0. The Morgan fingerprint density at radius 3 is 2.86 bits per heavy atom. The Balaban J connectivity index is 2.12. The van der Waals surface area contributed by atoms with Crippen molar-refractivity contribution in [2.45, 2.75) is 17.7 Å². The molecule has 2 N–H and O–H groups in total. The summed E-state index contributed by atoms with van der Waals surface area (Å²) in [6, 6.07) is 3.51. The minimum Gasteiger partial charge on any atom is -0.495 e. The number of nitrogens with one attached hydrogen (secondary N) is 2. The second-order valence-corrected chi connectivity index (χ2v) is 6.87. The van der Waals surface area contributed by atoms with Crippen molar-refractivity contribution >= 4 is 15.7 Å². The summed E-state index contributed by atoms with van der Waals surface area (Å²) in [4.78, 5) is 9.96. The van der Waals surface area contributed by atoms with E-state index in [0.717, 1.165) is 32.0 Å². The molecule has 1 aromatic rings. The molecule has 1 unspecified atom stereocenters. The molecule has 1 aliphatic rings. The van der Waals surface area contributed by atoms with E-state index in [-0.39, 0.29) is 16.3 Å². The smallest absolute Gasteiger partial charge is 0.271 e. The van der Waals surface area contributed by atoms with E-state index in [1.54, 1.807) is 0 Å². The Labute approximate surface area is 129 Å². The highest BCUT2D eigenvalue weighted by molar-refractivity contribution is 7.89. The van der Waals surface area contributed by atoms with Gasteiger partial charge >= 0.3 is 0 Å². The summed E-state index contributed by atoms with van der Waals surface area (Å²) in [5.74, 6) is 0.537. The van der Waals surface area contributed by atoms with E-state index in [0.29, 0.717) is 12.5 Å². The average molecular weight is 329 g/mol. The van der Waals surface area contributed by atoms with Gasteiger partial charge in [-0.2, -0.15) is 0 Å². The van der Waals surface area contributed by atoms with Gasteiger partial charge in [-0.1, -0.05) is 0 Å². The first-order valence-corrected chi connectivity index (χ1v) is 8.45. The number of hydrogen-bond donors (Lipinski definition) is 2. The third kappa shape index (κ3) is 3.93. The maximum atomic E-state index is 12.3. The molecule has 9 heteroatoms. The Morgan fingerprint density at radius 1 is 1.50 bits per heavy atom. The lowest BCUT2D eigenvalue weighted by Crippen LogP contribution is -2.27. The third-order valence-electron chi connectivity index (χ3n) is 3.65. The van der Waals surface area contributed by atoms with Crippen LogP contribution in [0.4, 0.5) is 5.69 Å². The van der Waals surface area contributed by atoms with Gasteiger partial charge in [0.1, 0.15) is 10.6 Å². The van der Waals surface area contributed by atoms with Crippen molar-refractivity contribution in [2.24, 2.45) is 5.92 Å². The van der Waals surface area contributed by atoms with E-state index >= 15 is 0 Å². The Bertz CT molecular complexity index is 641. The predicted molar refractivity (Wildman–Crippen MR) is 80.4 cm³/mol. The summed E-state index contributed by atoms with van der Waals surface area (Å²) in [6.07, 6.45) is 1.76. The molecule has 0 bridgehead atoms. The number of ether oxygens (including phenoxy) is 1. The second-order valence-electron chi connectivity index (χ2n) is 5.14. The molecule has 0 radical (unpaired) electrons. The topological polar surface area (TPSA) is 111 Å². The minimum atomic E-state index is -3.85. The van der Waals surface area contributed by atoms with E-state index < -0.39 is 14.9 Å². The van der Waals surface area contributed by atoms with Gasteiger partial charge in [0.05, 0.1) is 12.0 Å². The summed E-state index contributed by atoms with van der Waals surface area (Å²) in [5.41, 5.74) is -0.291. The van der Waals surface area contributed by atoms with Crippen molar-refractivity contribution < 1.29 is 18.1 Å². The number of rotatable bonds is 7. The number of methoxy groups -OCH3 is 1. The van der Waals surface area contributed by atoms with Crippen LogP contribution in [0.2, 0.25) is 0 Å². The maximum absolute atomic E-state index is 12.3. The highest BCUT2D eigenvalue weighted by Crippen LogP contribution is 2.28. The number of nitrogens with zero attached hydrogens (tertiary/aromatic N) is 1. The van der Waals surface area contributed by atoms with Crippen LogP contribution in [0.3, 0.4) is 0 Å². The van der Waals surface area contributed by atoms with Crippen molar-refractivity contribution in [1.29, 1.82) is 0 Å². The SMILES string of the molecule is COc1ccc([N+](=O)[O-])cc1S(=O)(=O)NCCC1CCNC1. The molecule has 0 aromatic heterocycles. The molecule has 122 valence electrons. The van der Waals surface area contributed by atoms with Crippen molar-refractivity contribution in [3.8, 4) is 5.75 Å². The number of nitro benzene ring substituents is 1. The van der Waals surface area contributed by atoms with Gasteiger partial charge in [0.15, 0.2) is 0 Å². The number of non-ortho nitro benzene ring substituents is 1. The first-order valence-electron chi connectivity index (χ1n) is 6.97. The van der Waals surface area contributed by atoms with E-state index in [9.17, 15) is 18.5 Å². The Hall–Kier alpha value is -1.71. The summed E-state index contributed by atoms with van der Waals surface area (Å²) in [6.45, 7) is 2.14. The fraction of sp³-hybridized carbons (Fsp3) is 0.538. The lowest BCUT2D eigenvalue weighted by molar-refractivity contribution is -0.385.